The molecule has 1 aliphatic heterocycles. The molecule has 2 unspecified atom stereocenters. The van der Waals surface area contributed by atoms with Crippen molar-refractivity contribution in [3.63, 3.8) is 0 Å². The van der Waals surface area contributed by atoms with Crippen LogP contribution < -0.4 is 5.73 Å². The number of aromatic amines is 1. The van der Waals surface area contributed by atoms with Crippen LogP contribution >= 0.6 is 0 Å². The van der Waals surface area contributed by atoms with Crippen LogP contribution in [-0.2, 0) is 0 Å². The van der Waals surface area contributed by atoms with Crippen molar-refractivity contribution in [3.8, 4) is 0 Å². The van der Waals surface area contributed by atoms with Gasteiger partial charge in [0, 0.05) is 12.5 Å². The maximum absolute atomic E-state index is 6.10. The summed E-state index contributed by atoms with van der Waals surface area (Å²) >= 11 is 0. The SMILES string of the molecule is Nc1cc(C(CCCN2CCC(c3ccccc3)C2)c2ccccc2)c2n[nH]nc2n1. The number of nitrogens with zero attached hydrogens (tertiary/aromatic N) is 4. The van der Waals surface area contributed by atoms with Gasteiger partial charge in [0.2, 0.25) is 5.65 Å². The van der Waals surface area contributed by atoms with Crippen LogP contribution in [0.2, 0.25) is 0 Å². The van der Waals surface area contributed by atoms with Crippen LogP contribution in [0.15, 0.2) is 66.7 Å². The fraction of sp³-hybridized carbons (Fsp3) is 0.320. The molecule has 0 aliphatic carbocycles. The Hall–Kier alpha value is -3.25. The van der Waals surface area contributed by atoms with Crippen molar-refractivity contribution in [2.24, 2.45) is 0 Å². The minimum atomic E-state index is 0.214. The molecule has 3 heterocycles. The molecule has 2 aromatic heterocycles. The molecule has 5 rings (SSSR count). The smallest absolute Gasteiger partial charge is 0.203 e. The van der Waals surface area contributed by atoms with Crippen LogP contribution in [0.25, 0.3) is 11.2 Å². The molecular formula is C25H28N6. The highest BCUT2D eigenvalue weighted by atomic mass is 15.3. The van der Waals surface area contributed by atoms with Gasteiger partial charge in [-0.25, -0.2) is 4.98 Å². The Labute approximate surface area is 182 Å². The van der Waals surface area contributed by atoms with Crippen LogP contribution in [0.3, 0.4) is 0 Å². The number of nitrogen functional groups attached to an aromatic ring is 1. The van der Waals surface area contributed by atoms with E-state index in [1.807, 2.05) is 6.07 Å². The number of aromatic nitrogens is 4. The van der Waals surface area contributed by atoms with Gasteiger partial charge in [0.1, 0.15) is 11.3 Å². The number of pyridine rings is 1. The fourth-order valence-electron chi connectivity index (χ4n) is 4.88. The molecule has 6 heteroatoms. The fourth-order valence-corrected chi connectivity index (χ4v) is 4.88. The Balaban J connectivity index is 1.31. The van der Waals surface area contributed by atoms with E-state index in [2.05, 4.69) is 86.0 Å². The van der Waals surface area contributed by atoms with E-state index in [4.69, 9.17) is 5.73 Å². The first-order chi connectivity index (χ1) is 15.3. The van der Waals surface area contributed by atoms with E-state index < -0.39 is 0 Å². The van der Waals surface area contributed by atoms with Crippen LogP contribution in [0.4, 0.5) is 5.82 Å². The second-order valence-electron chi connectivity index (χ2n) is 8.43. The number of benzene rings is 2. The number of hydrogen-bond acceptors (Lipinski definition) is 5. The number of fused-ring (bicyclic) bond motifs is 1. The largest absolute Gasteiger partial charge is 0.384 e. The minimum Gasteiger partial charge on any atom is -0.384 e. The van der Waals surface area contributed by atoms with Crippen molar-refractivity contribution in [3.05, 3.63) is 83.4 Å². The second-order valence-corrected chi connectivity index (χ2v) is 8.43. The summed E-state index contributed by atoms with van der Waals surface area (Å²) in [5, 5.41) is 11.2. The number of rotatable bonds is 7. The van der Waals surface area contributed by atoms with Gasteiger partial charge < -0.3 is 10.6 Å². The summed E-state index contributed by atoms with van der Waals surface area (Å²) in [6.45, 7) is 3.43. The Kier molecular flexibility index (Phi) is 5.63. The number of likely N-dealkylation sites (tertiary alicyclic amines) is 1. The van der Waals surface area contributed by atoms with Crippen molar-refractivity contribution in [1.29, 1.82) is 0 Å². The van der Waals surface area contributed by atoms with Gasteiger partial charge in [-0.3, -0.25) is 0 Å². The monoisotopic (exact) mass is 412 g/mol. The molecule has 2 aromatic carbocycles. The number of H-pyrrole nitrogens is 1. The molecule has 2 atom stereocenters. The van der Waals surface area contributed by atoms with Crippen molar-refractivity contribution in [2.45, 2.75) is 31.1 Å². The van der Waals surface area contributed by atoms with Crippen molar-refractivity contribution in [2.75, 3.05) is 25.4 Å². The van der Waals surface area contributed by atoms with E-state index >= 15 is 0 Å². The number of hydrogen-bond donors (Lipinski definition) is 2. The van der Waals surface area contributed by atoms with E-state index in [-0.39, 0.29) is 5.92 Å². The highest BCUT2D eigenvalue weighted by Crippen LogP contribution is 2.34. The van der Waals surface area contributed by atoms with Gasteiger partial charge in [0.25, 0.3) is 0 Å². The average Bonchev–Trinajstić information content (AvgIpc) is 3.47. The summed E-state index contributed by atoms with van der Waals surface area (Å²) in [6.07, 6.45) is 3.39. The van der Waals surface area contributed by atoms with E-state index in [1.165, 1.54) is 24.1 Å². The lowest BCUT2D eigenvalue weighted by Gasteiger charge is -2.21. The third kappa shape index (κ3) is 4.30. The zero-order valence-electron chi connectivity index (χ0n) is 17.6. The molecule has 31 heavy (non-hydrogen) atoms. The van der Waals surface area contributed by atoms with Gasteiger partial charge in [-0.1, -0.05) is 60.7 Å². The summed E-state index contributed by atoms with van der Waals surface area (Å²) in [5.74, 6) is 1.36. The van der Waals surface area contributed by atoms with E-state index in [0.717, 1.165) is 37.0 Å². The molecule has 1 aliphatic rings. The molecule has 0 radical (unpaired) electrons. The third-order valence-electron chi connectivity index (χ3n) is 6.43. The van der Waals surface area contributed by atoms with Gasteiger partial charge >= 0.3 is 0 Å². The highest BCUT2D eigenvalue weighted by Gasteiger charge is 2.25. The summed E-state index contributed by atoms with van der Waals surface area (Å²) in [5.41, 5.74) is 11.3. The van der Waals surface area contributed by atoms with Gasteiger partial charge in [0.05, 0.1) is 0 Å². The van der Waals surface area contributed by atoms with E-state index in [1.54, 1.807) is 0 Å². The zero-order valence-corrected chi connectivity index (χ0v) is 17.6. The average molecular weight is 413 g/mol. The lowest BCUT2D eigenvalue weighted by molar-refractivity contribution is 0.323. The standard InChI is InChI=1S/C25H28N6/c26-23-16-22(24-25(27-23)29-30-28-24)21(19-10-5-2-6-11-19)12-7-14-31-15-13-20(17-31)18-8-3-1-4-9-18/h1-6,8-11,16,20-21H,7,12-15,17H2,(H3,26,27,28,29,30). The summed E-state index contributed by atoms with van der Waals surface area (Å²) in [7, 11) is 0. The molecule has 1 saturated heterocycles. The number of anilines is 1. The molecule has 6 nitrogen and oxygen atoms in total. The highest BCUT2D eigenvalue weighted by molar-refractivity contribution is 5.77. The molecule has 0 bridgehead atoms. The van der Waals surface area contributed by atoms with E-state index in [9.17, 15) is 0 Å². The predicted octanol–water partition coefficient (Wildman–Crippen LogP) is 4.34. The summed E-state index contributed by atoms with van der Waals surface area (Å²) in [4.78, 5) is 6.92. The van der Waals surface area contributed by atoms with Gasteiger partial charge in [-0.15, -0.1) is 5.10 Å². The molecule has 0 saturated carbocycles. The third-order valence-corrected chi connectivity index (χ3v) is 6.43. The molecule has 1 fully saturated rings. The lowest BCUT2D eigenvalue weighted by atomic mass is 9.87. The zero-order chi connectivity index (χ0) is 21.0. The quantitative estimate of drug-likeness (QED) is 0.472. The van der Waals surface area contributed by atoms with Gasteiger partial charge in [-0.05, 0) is 61.0 Å². The maximum atomic E-state index is 6.10. The van der Waals surface area contributed by atoms with Gasteiger partial charge in [-0.2, -0.15) is 10.3 Å². The Morgan fingerprint density at radius 2 is 1.81 bits per heavy atom. The topological polar surface area (TPSA) is 83.7 Å². The normalized spacial score (nSPS) is 17.9. The summed E-state index contributed by atoms with van der Waals surface area (Å²) in [6, 6.07) is 23.5. The maximum Gasteiger partial charge on any atom is 0.203 e. The van der Waals surface area contributed by atoms with E-state index in [0.29, 0.717) is 17.4 Å². The Morgan fingerprint density at radius 1 is 1.03 bits per heavy atom. The molecule has 0 amide bonds. The molecule has 158 valence electrons. The van der Waals surface area contributed by atoms with Crippen LogP contribution in [0.1, 0.15) is 47.8 Å². The van der Waals surface area contributed by atoms with Gasteiger partial charge in [0.15, 0.2) is 0 Å². The van der Waals surface area contributed by atoms with Crippen LogP contribution in [-0.4, -0.2) is 44.9 Å². The molecule has 0 spiro atoms. The molecule has 4 aromatic rings. The van der Waals surface area contributed by atoms with Crippen LogP contribution in [0.5, 0.6) is 0 Å². The second kappa shape index (κ2) is 8.86. The van der Waals surface area contributed by atoms with Crippen molar-refractivity contribution < 1.29 is 0 Å². The molecule has 3 N–H and O–H groups in total. The van der Waals surface area contributed by atoms with Crippen LogP contribution in [0, 0.1) is 0 Å². The minimum absolute atomic E-state index is 0.214. The first-order valence-corrected chi connectivity index (χ1v) is 11.1. The first-order valence-electron chi connectivity index (χ1n) is 11.1. The first kappa shape index (κ1) is 19.7. The predicted molar refractivity (Wildman–Crippen MR) is 124 cm³/mol. The number of nitrogens with one attached hydrogen (secondary N) is 1. The van der Waals surface area contributed by atoms with Crippen molar-refractivity contribution >= 4 is 17.0 Å². The lowest BCUT2D eigenvalue weighted by Crippen LogP contribution is -2.22. The summed E-state index contributed by atoms with van der Waals surface area (Å²) < 4.78 is 0. The molecular weight excluding hydrogens is 384 g/mol. The van der Waals surface area contributed by atoms with Crippen molar-refractivity contribution in [1.82, 2.24) is 25.3 Å². The number of nitrogens with two attached hydrogens (primary N) is 1. The Bertz CT molecular complexity index is 1120. The Morgan fingerprint density at radius 3 is 2.61 bits per heavy atom.